The zero-order valence-electron chi connectivity index (χ0n) is 10.2. The van der Waals surface area contributed by atoms with Gasteiger partial charge in [-0.25, -0.2) is 4.79 Å². The normalized spacial score (nSPS) is 13.6. The van der Waals surface area contributed by atoms with E-state index in [-0.39, 0.29) is 18.7 Å². The lowest BCUT2D eigenvalue weighted by Gasteiger charge is -2.16. The van der Waals surface area contributed by atoms with Crippen LogP contribution in [0.25, 0.3) is 0 Å². The smallest absolute Gasteiger partial charge is 0.327 e. The summed E-state index contributed by atoms with van der Waals surface area (Å²) in [4.78, 5) is 22.4. The topological polar surface area (TPSA) is 139 Å². The van der Waals surface area contributed by atoms with E-state index in [1.807, 2.05) is 0 Å². The number of phenolic OH excluding ortho intramolecular Hbond substituents is 1. The molecule has 0 saturated carbocycles. The number of hydrogen-bond donors (Lipinski definition) is 5. The summed E-state index contributed by atoms with van der Waals surface area (Å²) >= 11 is 0. The lowest BCUT2D eigenvalue weighted by Crippen LogP contribution is -2.51. The monoisotopic (exact) mass is 267 g/mol. The van der Waals surface area contributed by atoms with Crippen LogP contribution < -0.4 is 16.8 Å². The number of carboxylic acids is 1. The van der Waals surface area contributed by atoms with Crippen molar-refractivity contribution in [1.82, 2.24) is 5.32 Å². The Hall–Kier alpha value is -2.12. The summed E-state index contributed by atoms with van der Waals surface area (Å²) < 4.78 is 0. The van der Waals surface area contributed by atoms with Crippen LogP contribution in [-0.4, -0.2) is 40.7 Å². The Bertz CT molecular complexity index is 447. The molecular formula is C12H17N3O4. The van der Waals surface area contributed by atoms with Crippen molar-refractivity contribution in [2.75, 3.05) is 6.54 Å². The Morgan fingerprint density at radius 3 is 2.32 bits per heavy atom. The van der Waals surface area contributed by atoms with Crippen molar-refractivity contribution >= 4 is 11.9 Å². The van der Waals surface area contributed by atoms with E-state index in [1.54, 1.807) is 12.1 Å². The standard InChI is InChI=1S/C12H17N3O4/c13-6-10(12(18)19)15-11(17)9(14)5-7-1-3-8(16)4-2-7/h1-4,9-10,16H,5-6,13-14H2,(H,15,17)(H,18,19)/t9-,10-/m0/s1. The average molecular weight is 267 g/mol. The van der Waals surface area contributed by atoms with Crippen LogP contribution in [0.1, 0.15) is 5.56 Å². The largest absolute Gasteiger partial charge is 0.508 e. The average Bonchev–Trinajstić information content (AvgIpc) is 2.37. The third-order valence-corrected chi connectivity index (χ3v) is 2.58. The summed E-state index contributed by atoms with van der Waals surface area (Å²) in [6.07, 6.45) is 0.239. The molecule has 7 heteroatoms. The van der Waals surface area contributed by atoms with Crippen molar-refractivity contribution in [1.29, 1.82) is 0 Å². The van der Waals surface area contributed by atoms with E-state index in [1.165, 1.54) is 12.1 Å². The van der Waals surface area contributed by atoms with Crippen LogP contribution in [0.5, 0.6) is 5.75 Å². The fourth-order valence-corrected chi connectivity index (χ4v) is 1.48. The molecule has 0 aliphatic heterocycles. The first-order valence-corrected chi connectivity index (χ1v) is 5.70. The van der Waals surface area contributed by atoms with Crippen molar-refractivity contribution in [3.8, 4) is 5.75 Å². The number of hydrogen-bond acceptors (Lipinski definition) is 5. The number of carbonyl (C=O) groups is 2. The van der Waals surface area contributed by atoms with Gasteiger partial charge >= 0.3 is 5.97 Å². The minimum absolute atomic E-state index is 0.121. The second-order valence-corrected chi connectivity index (χ2v) is 4.11. The Morgan fingerprint density at radius 2 is 1.84 bits per heavy atom. The Balaban J connectivity index is 2.57. The van der Waals surface area contributed by atoms with Crippen LogP contribution in [0, 0.1) is 0 Å². The summed E-state index contributed by atoms with van der Waals surface area (Å²) in [6, 6.07) is 4.23. The third-order valence-electron chi connectivity index (χ3n) is 2.58. The number of rotatable bonds is 6. The predicted molar refractivity (Wildman–Crippen MR) is 68.4 cm³/mol. The van der Waals surface area contributed by atoms with Gasteiger partial charge in [0, 0.05) is 6.54 Å². The van der Waals surface area contributed by atoms with E-state index in [9.17, 15) is 9.59 Å². The molecule has 104 valence electrons. The minimum Gasteiger partial charge on any atom is -0.508 e. The lowest BCUT2D eigenvalue weighted by atomic mass is 10.1. The van der Waals surface area contributed by atoms with E-state index >= 15 is 0 Å². The molecule has 0 aliphatic carbocycles. The highest BCUT2D eigenvalue weighted by molar-refractivity contribution is 5.87. The number of carboxylic acid groups (broad SMARTS) is 1. The van der Waals surface area contributed by atoms with E-state index < -0.39 is 24.0 Å². The van der Waals surface area contributed by atoms with Crippen LogP contribution in [0.3, 0.4) is 0 Å². The van der Waals surface area contributed by atoms with Gasteiger partial charge < -0.3 is 27.0 Å². The maximum atomic E-state index is 11.7. The molecule has 0 bridgehead atoms. The molecule has 2 atom stereocenters. The van der Waals surface area contributed by atoms with Crippen molar-refractivity contribution in [3.05, 3.63) is 29.8 Å². The molecule has 7 nitrogen and oxygen atoms in total. The van der Waals surface area contributed by atoms with E-state index in [0.29, 0.717) is 0 Å². The number of nitrogens with two attached hydrogens (primary N) is 2. The van der Waals surface area contributed by atoms with Gasteiger partial charge in [0.2, 0.25) is 5.91 Å². The Morgan fingerprint density at radius 1 is 1.26 bits per heavy atom. The van der Waals surface area contributed by atoms with Gasteiger partial charge in [0.1, 0.15) is 11.8 Å². The highest BCUT2D eigenvalue weighted by Gasteiger charge is 2.21. The fraction of sp³-hybridized carbons (Fsp3) is 0.333. The zero-order chi connectivity index (χ0) is 14.4. The molecular weight excluding hydrogens is 250 g/mol. The lowest BCUT2D eigenvalue weighted by molar-refractivity contribution is -0.141. The SMILES string of the molecule is NC[C@H](NC(=O)[C@@H](N)Cc1ccc(O)cc1)C(=O)O. The number of nitrogens with one attached hydrogen (secondary N) is 1. The summed E-state index contributed by atoms with van der Waals surface area (Å²) in [6.45, 7) is -0.201. The molecule has 0 radical (unpaired) electrons. The molecule has 1 aromatic rings. The van der Waals surface area contributed by atoms with Gasteiger partial charge in [-0.1, -0.05) is 12.1 Å². The summed E-state index contributed by atoms with van der Waals surface area (Å²) in [7, 11) is 0. The van der Waals surface area contributed by atoms with Crippen molar-refractivity contribution in [2.24, 2.45) is 11.5 Å². The second-order valence-electron chi connectivity index (χ2n) is 4.11. The first kappa shape index (κ1) is 14.9. The van der Waals surface area contributed by atoms with Gasteiger partial charge in [0.05, 0.1) is 6.04 Å². The Kier molecular flexibility index (Phi) is 5.28. The summed E-state index contributed by atoms with van der Waals surface area (Å²) in [5.74, 6) is -1.66. The van der Waals surface area contributed by atoms with Gasteiger partial charge in [-0.05, 0) is 24.1 Å². The Labute approximate surface area is 110 Å². The molecule has 1 aromatic carbocycles. The molecule has 0 spiro atoms. The first-order valence-electron chi connectivity index (χ1n) is 5.70. The zero-order valence-corrected chi connectivity index (χ0v) is 10.2. The highest BCUT2D eigenvalue weighted by atomic mass is 16.4. The van der Waals surface area contributed by atoms with Crippen LogP contribution in [0.2, 0.25) is 0 Å². The quantitative estimate of drug-likeness (QED) is 0.438. The third kappa shape index (κ3) is 4.57. The second kappa shape index (κ2) is 6.72. The number of benzene rings is 1. The summed E-state index contributed by atoms with van der Waals surface area (Å²) in [5, 5.41) is 20.1. The molecule has 0 heterocycles. The van der Waals surface area contributed by atoms with Gasteiger partial charge in [-0.15, -0.1) is 0 Å². The van der Waals surface area contributed by atoms with E-state index in [0.717, 1.165) is 5.56 Å². The number of phenols is 1. The molecule has 0 aliphatic rings. The first-order chi connectivity index (χ1) is 8.93. The molecule has 1 rings (SSSR count). The minimum atomic E-state index is -1.20. The molecule has 7 N–H and O–H groups in total. The van der Waals surface area contributed by atoms with Crippen molar-refractivity contribution in [2.45, 2.75) is 18.5 Å². The number of amides is 1. The maximum absolute atomic E-state index is 11.7. The van der Waals surface area contributed by atoms with Crippen LogP contribution >= 0.6 is 0 Å². The van der Waals surface area contributed by atoms with Crippen LogP contribution in [0.15, 0.2) is 24.3 Å². The molecule has 0 saturated heterocycles. The molecule has 0 fully saturated rings. The van der Waals surface area contributed by atoms with Crippen LogP contribution in [0.4, 0.5) is 0 Å². The summed E-state index contributed by atoms with van der Waals surface area (Å²) in [5.41, 5.74) is 11.7. The molecule has 0 aromatic heterocycles. The van der Waals surface area contributed by atoms with Crippen molar-refractivity contribution in [3.63, 3.8) is 0 Å². The molecule has 1 amide bonds. The highest BCUT2D eigenvalue weighted by Crippen LogP contribution is 2.10. The number of carbonyl (C=O) groups excluding carboxylic acids is 1. The van der Waals surface area contributed by atoms with Gasteiger partial charge in [-0.3, -0.25) is 4.79 Å². The van der Waals surface area contributed by atoms with Crippen LogP contribution in [-0.2, 0) is 16.0 Å². The molecule has 0 unspecified atom stereocenters. The van der Waals surface area contributed by atoms with Gasteiger partial charge in [0.15, 0.2) is 0 Å². The van der Waals surface area contributed by atoms with E-state index in [2.05, 4.69) is 5.32 Å². The van der Waals surface area contributed by atoms with Crippen molar-refractivity contribution < 1.29 is 19.8 Å². The van der Waals surface area contributed by atoms with Gasteiger partial charge in [-0.2, -0.15) is 0 Å². The number of aromatic hydroxyl groups is 1. The van der Waals surface area contributed by atoms with E-state index in [4.69, 9.17) is 21.7 Å². The van der Waals surface area contributed by atoms with Gasteiger partial charge in [0.25, 0.3) is 0 Å². The maximum Gasteiger partial charge on any atom is 0.327 e. The molecule has 19 heavy (non-hydrogen) atoms. The fourth-order valence-electron chi connectivity index (χ4n) is 1.48. The predicted octanol–water partition coefficient (Wildman–Crippen LogP) is -1.21. The number of aliphatic carboxylic acids is 1.